The monoisotopic (exact) mass is 1470 g/mol. The molecule has 9 amide bonds. The topological polar surface area (TPSA) is 425 Å². The van der Waals surface area contributed by atoms with E-state index >= 15 is 28.0 Å². The van der Waals surface area contributed by atoms with Gasteiger partial charge in [-0.05, 0) is 194 Å². The first kappa shape index (κ1) is 79.8. The van der Waals surface area contributed by atoms with Crippen LogP contribution in [0.15, 0.2) is 18.2 Å². The van der Waals surface area contributed by atoms with Gasteiger partial charge < -0.3 is 89.8 Å². The number of thioether (sulfide) groups is 2. The second-order valence-electron chi connectivity index (χ2n) is 29.3. The third-order valence-electron chi connectivity index (χ3n) is 21.9. The molecular formula is C70H108F2N14O14S2. The van der Waals surface area contributed by atoms with Crippen LogP contribution < -0.4 is 74.7 Å². The molecule has 9 unspecified atom stereocenters. The minimum Gasteiger partial charge on any atom is -0.497 e. The van der Waals surface area contributed by atoms with E-state index in [0.717, 1.165) is 11.1 Å². The van der Waals surface area contributed by atoms with Crippen LogP contribution in [0.1, 0.15) is 159 Å². The van der Waals surface area contributed by atoms with Crippen molar-refractivity contribution in [3.05, 3.63) is 29.3 Å². The average Bonchev–Trinajstić information content (AvgIpc) is 1.63. The zero-order chi connectivity index (χ0) is 73.0. The Balaban J connectivity index is 1.03. The maximum Gasteiger partial charge on any atom is 0.305 e. The molecule has 32 heteroatoms. The molecule has 2 bridgehead atoms. The number of methoxy groups -OCH3 is 1. The number of aliphatic hydroxyl groups is 1. The van der Waals surface area contributed by atoms with Crippen LogP contribution in [0.5, 0.6) is 5.75 Å². The zero-order valence-corrected chi connectivity index (χ0v) is 60.1. The molecule has 3 saturated carbocycles. The van der Waals surface area contributed by atoms with E-state index in [4.69, 9.17) is 16.2 Å². The summed E-state index contributed by atoms with van der Waals surface area (Å²) in [7, 11) is 1.53. The molecule has 1 aromatic rings. The van der Waals surface area contributed by atoms with Crippen molar-refractivity contribution in [2.24, 2.45) is 41.1 Å². The largest absolute Gasteiger partial charge is 0.497 e. The van der Waals surface area contributed by atoms with E-state index in [1.54, 1.807) is 0 Å². The molecule has 568 valence electrons. The van der Waals surface area contributed by atoms with Crippen LogP contribution in [0.3, 0.4) is 0 Å². The molecule has 17 atom stereocenters. The summed E-state index contributed by atoms with van der Waals surface area (Å²) in [6.07, 6.45) is 1.28. The van der Waals surface area contributed by atoms with Gasteiger partial charge in [-0.1, -0.05) is 6.07 Å². The Kier molecular flexibility index (Phi) is 30.7. The van der Waals surface area contributed by atoms with Crippen LogP contribution >= 0.6 is 23.5 Å². The Hall–Kier alpha value is -6.29. The van der Waals surface area contributed by atoms with Gasteiger partial charge in [0.1, 0.15) is 60.4 Å². The number of halogens is 2. The molecule has 17 N–H and O–H groups in total. The second-order valence-corrected chi connectivity index (χ2v) is 31.5. The van der Waals surface area contributed by atoms with Gasteiger partial charge in [-0.3, -0.25) is 52.7 Å². The number of ether oxygens (including phenoxy) is 1. The minimum atomic E-state index is -1.90. The number of carboxylic acids is 1. The average molecular weight is 1470 g/mol. The number of rotatable bonds is 16. The van der Waals surface area contributed by atoms with Gasteiger partial charge in [0, 0.05) is 80.2 Å². The van der Waals surface area contributed by atoms with Crippen LogP contribution in [0.4, 0.5) is 8.78 Å². The van der Waals surface area contributed by atoms with E-state index in [1.807, 2.05) is 18.2 Å². The summed E-state index contributed by atoms with van der Waals surface area (Å²) < 4.78 is 36.1. The van der Waals surface area contributed by atoms with Crippen molar-refractivity contribution >= 4 is 88.4 Å². The summed E-state index contributed by atoms with van der Waals surface area (Å²) in [5.41, 5.74) is 13.5. The van der Waals surface area contributed by atoms with Crippen molar-refractivity contribution in [1.29, 1.82) is 0 Å². The molecule has 5 heterocycles. The van der Waals surface area contributed by atoms with Crippen LogP contribution in [0, 0.1) is 29.6 Å². The van der Waals surface area contributed by atoms with Gasteiger partial charge in [0.2, 0.25) is 53.2 Å². The molecule has 9 rings (SSSR count). The molecule has 102 heavy (non-hydrogen) atoms. The van der Waals surface area contributed by atoms with Crippen molar-refractivity contribution in [2.45, 2.75) is 244 Å². The SMILES string of the molecule is COc1cc2cc(c1)CSC[C@@H](C(N)=O)NC(=O)[C@@H]1CCCN1C(=O)[C@H](CC1CCC(O)CC1)NC(=O)[C@H](CC1CNCN1)NC(=O)[C@H](CC(=O)O)NC(=O)[C@H](CC1CNC3CCC(F)CC13)NC(=O)[C@H](CC1CNC3CCC(F)CC13)NC(=O)CCC(=O)[C@H](CCCCN)NC(=O)CCSC2. The Labute approximate surface area is 603 Å². The van der Waals surface area contributed by atoms with E-state index in [1.165, 1.54) is 35.5 Å². The van der Waals surface area contributed by atoms with Gasteiger partial charge >= 0.3 is 5.97 Å². The van der Waals surface area contributed by atoms with Crippen LogP contribution in [-0.2, 0) is 64.2 Å². The molecule has 28 nitrogen and oxygen atoms in total. The number of hydrogen-bond acceptors (Lipinski definition) is 20. The van der Waals surface area contributed by atoms with Gasteiger partial charge in [0.25, 0.3) is 0 Å². The van der Waals surface area contributed by atoms with Gasteiger partial charge in [0.05, 0.1) is 25.7 Å². The van der Waals surface area contributed by atoms with Gasteiger partial charge in [-0.15, -0.1) is 0 Å². The number of nitrogens with zero attached hydrogens (tertiary/aromatic N) is 1. The van der Waals surface area contributed by atoms with Crippen molar-refractivity contribution in [3.63, 3.8) is 0 Å². The Morgan fingerprint density at radius 2 is 1.20 bits per heavy atom. The minimum absolute atomic E-state index is 0.0196. The number of amides is 9. The molecular weight excluding hydrogens is 1360 g/mol. The fourth-order valence-corrected chi connectivity index (χ4v) is 18.2. The fraction of sp³-hybridized carbons (Fsp3) is 0.757. The number of carboxylic acid groups (broad SMARTS) is 1. The van der Waals surface area contributed by atoms with E-state index in [-0.39, 0.29) is 112 Å². The highest BCUT2D eigenvalue weighted by Crippen LogP contribution is 2.40. The number of unbranched alkanes of at least 4 members (excludes halogenated alkanes) is 1. The highest BCUT2D eigenvalue weighted by molar-refractivity contribution is 7.98. The summed E-state index contributed by atoms with van der Waals surface area (Å²) in [6.45, 7) is 1.83. The third kappa shape index (κ3) is 23.4. The number of aliphatic hydroxyl groups excluding tert-OH is 1. The molecule has 8 aliphatic rings. The van der Waals surface area contributed by atoms with Crippen molar-refractivity contribution < 1.29 is 76.5 Å². The number of carbonyl (C=O) groups is 11. The number of alkyl halides is 2. The first-order valence-electron chi connectivity index (χ1n) is 36.8. The quantitative estimate of drug-likeness (QED) is 0.100. The number of carbonyl (C=O) groups excluding carboxylic acids is 10. The molecule has 0 radical (unpaired) electrons. The summed E-state index contributed by atoms with van der Waals surface area (Å²) in [6, 6.07) is -5.74. The summed E-state index contributed by atoms with van der Waals surface area (Å²) in [4.78, 5) is 159. The Morgan fingerprint density at radius 1 is 0.618 bits per heavy atom. The van der Waals surface area contributed by atoms with E-state index in [9.17, 15) is 43.8 Å². The number of nitrogens with one attached hydrogen (secondary N) is 11. The standard InChI is InChI=1S/C70H108F2N14O14S2/c1-100-47-22-39-21-40(23-47)35-102-36-58(64(74)93)85-69(98)59-6-4-19-86(59)70(99)57(24-38-7-11-46(87)12-8-38)84-67(96)55(29-45-33-75-37-78-45)82-68(97)56(30-63(91)92)83-66(95)54(26-42-32-77-51-14-10-44(72)28-49(42)51)81-65(94)53(25-41-31-76-50-13-9-43(71)27-48(41)50)80-61(89)16-15-60(88)52(5-2-3-18-73)79-62(90)17-20-101-34-39/h21-23,38,41-46,48-59,75-78,87H,2-20,24-37,73H2,1H3,(H2,74,93)(H,79,90)(H,80,89)(H,81,94)(H,82,97)(H,83,95)(H,84,96)(H,85,98)(H,91,92)/t38?,41?,42?,43?,44?,45?,46?,48?,49?,50?,51?,52-,53-,54-,55-,56-,57-,58-,59-/m0/s1. The highest BCUT2D eigenvalue weighted by Gasteiger charge is 2.47. The first-order chi connectivity index (χ1) is 49.0. The lowest BCUT2D eigenvalue weighted by Gasteiger charge is -2.34. The predicted octanol–water partition coefficient (Wildman–Crippen LogP) is 0.471. The van der Waals surface area contributed by atoms with Crippen molar-refractivity contribution in [3.8, 4) is 5.75 Å². The third-order valence-corrected chi connectivity index (χ3v) is 24.1. The number of benzene rings is 1. The van der Waals surface area contributed by atoms with Gasteiger partial charge in [0.15, 0.2) is 5.78 Å². The molecule has 3 aliphatic carbocycles. The molecule has 1 aromatic carbocycles. The maximum absolute atomic E-state index is 15.3. The maximum atomic E-state index is 15.3. The van der Waals surface area contributed by atoms with E-state index < -0.39 is 157 Å². The number of Topliss-reactive ketones (excluding diaryl/α,β-unsaturated/α-hetero) is 1. The van der Waals surface area contributed by atoms with Crippen LogP contribution in [-0.4, -0.2) is 223 Å². The lowest BCUT2D eigenvalue weighted by Crippen LogP contribution is -2.61. The molecule has 5 aliphatic heterocycles. The predicted molar refractivity (Wildman–Crippen MR) is 378 cm³/mol. The molecule has 0 aromatic heterocycles. The van der Waals surface area contributed by atoms with Crippen LogP contribution in [0.25, 0.3) is 0 Å². The number of primary amides is 1. The first-order valence-corrected chi connectivity index (χ1v) is 39.2. The number of fused-ring (bicyclic) bond motifs is 5. The van der Waals surface area contributed by atoms with Gasteiger partial charge in [-0.2, -0.15) is 23.5 Å². The summed E-state index contributed by atoms with van der Waals surface area (Å²) >= 11 is 2.81. The highest BCUT2D eigenvalue weighted by atomic mass is 32.2. The molecule has 0 spiro atoms. The lowest BCUT2D eigenvalue weighted by molar-refractivity contribution is -0.143. The van der Waals surface area contributed by atoms with E-state index in [2.05, 4.69) is 58.5 Å². The normalized spacial score (nSPS) is 34.5. The zero-order valence-electron chi connectivity index (χ0n) is 58.5. The summed E-state index contributed by atoms with van der Waals surface area (Å²) in [5.74, 6) is -8.47. The van der Waals surface area contributed by atoms with Crippen LogP contribution in [0.2, 0.25) is 0 Å². The number of nitrogens with two attached hydrogens (primary N) is 2. The van der Waals surface area contributed by atoms with Gasteiger partial charge in [-0.25, -0.2) is 8.78 Å². The van der Waals surface area contributed by atoms with E-state index in [0.29, 0.717) is 126 Å². The Morgan fingerprint density at radius 3 is 1.79 bits per heavy atom. The molecule has 4 saturated heterocycles. The summed E-state index contributed by atoms with van der Waals surface area (Å²) in [5, 5.41) is 53.7. The fourth-order valence-electron chi connectivity index (χ4n) is 16.4. The Bertz CT molecular complexity index is 3080. The molecule has 7 fully saturated rings. The van der Waals surface area contributed by atoms with Crippen molar-refractivity contribution in [1.82, 2.24) is 63.4 Å². The van der Waals surface area contributed by atoms with Crippen molar-refractivity contribution in [2.75, 3.05) is 58.0 Å². The number of aliphatic carboxylic acids is 1. The second kappa shape index (κ2) is 39.2. The number of hydrogen-bond donors (Lipinski definition) is 15. The number of ketones is 1. The smallest absolute Gasteiger partial charge is 0.305 e. The lowest BCUT2D eigenvalue weighted by atomic mass is 9.76.